The monoisotopic (exact) mass is 288 g/mol. The van der Waals surface area contributed by atoms with Gasteiger partial charge in [0.15, 0.2) is 6.04 Å². The van der Waals surface area contributed by atoms with Crippen molar-refractivity contribution in [3.63, 3.8) is 0 Å². The molecule has 2 atom stereocenters. The molecule has 1 aliphatic rings. The zero-order chi connectivity index (χ0) is 15.4. The van der Waals surface area contributed by atoms with Crippen LogP contribution in [0.5, 0.6) is 0 Å². The van der Waals surface area contributed by atoms with Crippen molar-refractivity contribution in [1.29, 1.82) is 0 Å². The second-order valence-corrected chi connectivity index (χ2v) is 4.00. The van der Waals surface area contributed by atoms with Gasteiger partial charge < -0.3 is 20.4 Å². The molecule has 0 saturated carbocycles. The number of carbonyl (C=O) groups is 4. The van der Waals surface area contributed by atoms with Gasteiger partial charge in [0.2, 0.25) is 0 Å². The number of carboxylic acids is 4. The Balaban J connectivity index is 3.16. The lowest BCUT2D eigenvalue weighted by molar-refractivity contribution is -0.154. The SMILES string of the molecule is O=C(O)C[C@@H](C(=O)O)N1CCN=C(C(=O)O)[C@@H]1C(=O)O. The van der Waals surface area contributed by atoms with E-state index < -0.39 is 48.1 Å². The van der Waals surface area contributed by atoms with E-state index in [0.717, 1.165) is 4.90 Å². The topological polar surface area (TPSA) is 165 Å². The number of rotatable bonds is 6. The van der Waals surface area contributed by atoms with Gasteiger partial charge in [0.25, 0.3) is 0 Å². The Morgan fingerprint density at radius 2 is 1.80 bits per heavy atom. The Morgan fingerprint density at radius 1 is 1.20 bits per heavy atom. The highest BCUT2D eigenvalue weighted by atomic mass is 16.4. The third-order valence-corrected chi connectivity index (χ3v) is 2.74. The summed E-state index contributed by atoms with van der Waals surface area (Å²) in [5.41, 5.74) is -0.708. The van der Waals surface area contributed by atoms with E-state index in [1.54, 1.807) is 0 Å². The summed E-state index contributed by atoms with van der Waals surface area (Å²) < 4.78 is 0. The number of hydrogen-bond donors (Lipinski definition) is 4. The second kappa shape index (κ2) is 6.10. The normalized spacial score (nSPS) is 20.8. The summed E-state index contributed by atoms with van der Waals surface area (Å²) in [6.07, 6.45) is -0.841. The predicted molar refractivity (Wildman–Crippen MR) is 61.7 cm³/mol. The lowest BCUT2D eigenvalue weighted by Gasteiger charge is -2.34. The maximum Gasteiger partial charge on any atom is 0.352 e. The zero-order valence-corrected chi connectivity index (χ0v) is 10.1. The molecule has 0 spiro atoms. The highest BCUT2D eigenvalue weighted by molar-refractivity contribution is 6.41. The maximum absolute atomic E-state index is 11.2. The van der Waals surface area contributed by atoms with Gasteiger partial charge in [0.05, 0.1) is 13.0 Å². The van der Waals surface area contributed by atoms with E-state index in [1.165, 1.54) is 0 Å². The average Bonchev–Trinajstić information content (AvgIpc) is 2.34. The molecule has 10 heteroatoms. The Kier molecular flexibility index (Phi) is 4.75. The summed E-state index contributed by atoms with van der Waals surface area (Å²) in [7, 11) is 0. The van der Waals surface area contributed by atoms with Crippen LogP contribution in [0, 0.1) is 0 Å². The van der Waals surface area contributed by atoms with E-state index in [4.69, 9.17) is 20.4 Å². The molecule has 0 aromatic carbocycles. The number of nitrogens with zero attached hydrogens (tertiary/aromatic N) is 2. The van der Waals surface area contributed by atoms with Crippen LogP contribution in [0.15, 0.2) is 4.99 Å². The van der Waals surface area contributed by atoms with Gasteiger partial charge in [-0.2, -0.15) is 0 Å². The van der Waals surface area contributed by atoms with Gasteiger partial charge in [-0.05, 0) is 0 Å². The molecule has 1 rings (SSSR count). The molecule has 4 N–H and O–H groups in total. The van der Waals surface area contributed by atoms with Gasteiger partial charge in [-0.1, -0.05) is 0 Å². The highest BCUT2D eigenvalue weighted by Crippen LogP contribution is 2.16. The summed E-state index contributed by atoms with van der Waals surface area (Å²) in [6, 6.07) is -3.43. The number of aliphatic imine (C=N–C) groups is 1. The van der Waals surface area contributed by atoms with Crippen molar-refractivity contribution in [2.45, 2.75) is 18.5 Å². The summed E-state index contributed by atoms with van der Waals surface area (Å²) in [6.45, 7) is -0.271. The lowest BCUT2D eigenvalue weighted by atomic mass is 10.0. The van der Waals surface area contributed by atoms with E-state index in [-0.39, 0.29) is 13.1 Å². The Hall–Kier alpha value is -2.49. The Bertz CT molecular complexity index is 486. The van der Waals surface area contributed by atoms with Crippen LogP contribution in [0.1, 0.15) is 6.42 Å². The van der Waals surface area contributed by atoms with Gasteiger partial charge >= 0.3 is 23.9 Å². The van der Waals surface area contributed by atoms with E-state index in [0.29, 0.717) is 0 Å². The standard InChI is InChI=1S/C10H12N2O8/c13-5(14)3-4(8(15)16)12-2-1-11-6(9(17)18)7(12)10(19)20/h4,7H,1-3H2,(H,13,14)(H,15,16)(H,17,18)(H,19,20)/t4-,7+/m0/s1. The smallest absolute Gasteiger partial charge is 0.352 e. The first-order chi connectivity index (χ1) is 9.25. The third-order valence-electron chi connectivity index (χ3n) is 2.74. The molecule has 1 aliphatic heterocycles. The molecule has 20 heavy (non-hydrogen) atoms. The van der Waals surface area contributed by atoms with Gasteiger partial charge in [-0.15, -0.1) is 0 Å². The molecule has 110 valence electrons. The molecule has 0 saturated heterocycles. The van der Waals surface area contributed by atoms with Crippen molar-refractivity contribution >= 4 is 29.6 Å². The van der Waals surface area contributed by atoms with Gasteiger partial charge in [-0.3, -0.25) is 24.3 Å². The third kappa shape index (κ3) is 3.29. The first-order valence-corrected chi connectivity index (χ1v) is 5.46. The van der Waals surface area contributed by atoms with Crippen molar-refractivity contribution < 1.29 is 39.6 Å². The number of aliphatic carboxylic acids is 4. The summed E-state index contributed by atoms with van der Waals surface area (Å²) in [4.78, 5) is 48.2. The molecule has 1 heterocycles. The minimum atomic E-state index is -1.79. The summed E-state index contributed by atoms with van der Waals surface area (Å²) >= 11 is 0. The minimum absolute atomic E-state index is 0.116. The van der Waals surface area contributed by atoms with Crippen LogP contribution in [-0.2, 0) is 19.2 Å². The van der Waals surface area contributed by atoms with E-state index >= 15 is 0 Å². The quantitative estimate of drug-likeness (QED) is 0.441. The first-order valence-electron chi connectivity index (χ1n) is 5.46. The fourth-order valence-corrected chi connectivity index (χ4v) is 1.95. The molecule has 0 unspecified atom stereocenters. The predicted octanol–water partition coefficient (Wildman–Crippen LogP) is -1.79. The summed E-state index contributed by atoms with van der Waals surface area (Å²) in [5.74, 6) is -6.14. The van der Waals surface area contributed by atoms with E-state index in [1.807, 2.05) is 0 Å². The highest BCUT2D eigenvalue weighted by Gasteiger charge is 2.43. The van der Waals surface area contributed by atoms with Crippen LogP contribution >= 0.6 is 0 Å². The largest absolute Gasteiger partial charge is 0.481 e. The van der Waals surface area contributed by atoms with Crippen LogP contribution in [0.25, 0.3) is 0 Å². The van der Waals surface area contributed by atoms with E-state index in [9.17, 15) is 19.2 Å². The molecule has 0 radical (unpaired) electrons. The van der Waals surface area contributed by atoms with Crippen molar-refractivity contribution in [3.05, 3.63) is 0 Å². The Morgan fingerprint density at radius 3 is 2.20 bits per heavy atom. The van der Waals surface area contributed by atoms with Crippen molar-refractivity contribution in [2.75, 3.05) is 13.1 Å². The molecular formula is C10H12N2O8. The minimum Gasteiger partial charge on any atom is -0.481 e. The van der Waals surface area contributed by atoms with Gasteiger partial charge in [0, 0.05) is 6.54 Å². The molecule has 0 bridgehead atoms. The van der Waals surface area contributed by atoms with Crippen LogP contribution < -0.4 is 0 Å². The molecule has 0 fully saturated rings. The fourth-order valence-electron chi connectivity index (χ4n) is 1.95. The zero-order valence-electron chi connectivity index (χ0n) is 10.1. The molecule has 0 amide bonds. The maximum atomic E-state index is 11.2. The van der Waals surface area contributed by atoms with E-state index in [2.05, 4.69) is 4.99 Å². The molecule has 0 aromatic rings. The van der Waals surface area contributed by atoms with Crippen molar-refractivity contribution in [2.24, 2.45) is 4.99 Å². The first kappa shape index (κ1) is 15.6. The Labute approximate surface area is 111 Å². The average molecular weight is 288 g/mol. The molecule has 0 aliphatic carbocycles. The summed E-state index contributed by atoms with van der Waals surface area (Å²) in [5, 5.41) is 35.7. The second-order valence-electron chi connectivity index (χ2n) is 4.00. The fraction of sp³-hybridized carbons (Fsp3) is 0.500. The van der Waals surface area contributed by atoms with Crippen molar-refractivity contribution in [1.82, 2.24) is 4.90 Å². The van der Waals surface area contributed by atoms with Gasteiger partial charge in [0.1, 0.15) is 11.8 Å². The van der Waals surface area contributed by atoms with Crippen LogP contribution in [0.4, 0.5) is 0 Å². The molecular weight excluding hydrogens is 276 g/mol. The lowest BCUT2D eigenvalue weighted by Crippen LogP contribution is -2.59. The van der Waals surface area contributed by atoms with Crippen LogP contribution in [0.2, 0.25) is 0 Å². The van der Waals surface area contributed by atoms with Crippen LogP contribution in [-0.4, -0.2) is 80.1 Å². The molecule has 10 nitrogen and oxygen atoms in total. The number of carboxylic acid groups (broad SMARTS) is 4. The van der Waals surface area contributed by atoms with Gasteiger partial charge in [-0.25, -0.2) is 4.79 Å². The van der Waals surface area contributed by atoms with Crippen LogP contribution in [0.3, 0.4) is 0 Å². The molecule has 0 aromatic heterocycles. The number of hydrogen-bond acceptors (Lipinski definition) is 6. The van der Waals surface area contributed by atoms with Crippen molar-refractivity contribution in [3.8, 4) is 0 Å².